The summed E-state index contributed by atoms with van der Waals surface area (Å²) in [5.74, 6) is 0.279. The second-order valence-corrected chi connectivity index (χ2v) is 7.85. The highest BCUT2D eigenvalue weighted by molar-refractivity contribution is 5.82. The summed E-state index contributed by atoms with van der Waals surface area (Å²) >= 11 is 0. The third-order valence-corrected chi connectivity index (χ3v) is 5.53. The maximum absolute atomic E-state index is 14.0. The Morgan fingerprint density at radius 2 is 1.63 bits per heavy atom. The number of halogens is 3. The highest BCUT2D eigenvalue weighted by Gasteiger charge is 2.51. The van der Waals surface area contributed by atoms with Crippen LogP contribution in [0, 0.1) is 0 Å². The number of hydrogen-bond donors (Lipinski definition) is 0. The Morgan fingerprint density at radius 1 is 0.963 bits per heavy atom. The summed E-state index contributed by atoms with van der Waals surface area (Å²) in [5.41, 5.74) is 4.00. The first-order valence-corrected chi connectivity index (χ1v) is 8.94. The molecule has 0 amide bonds. The average molecular weight is 369 g/mol. The van der Waals surface area contributed by atoms with E-state index in [1.54, 1.807) is 12.1 Å². The van der Waals surface area contributed by atoms with Crippen LogP contribution in [0.3, 0.4) is 0 Å². The lowest BCUT2D eigenvalue weighted by Crippen LogP contribution is -2.39. The fourth-order valence-electron chi connectivity index (χ4n) is 4.52. The minimum atomic E-state index is -4.50. The maximum atomic E-state index is 14.0. The number of para-hydroxylation sites is 1. The van der Waals surface area contributed by atoms with Gasteiger partial charge in [-0.1, -0.05) is 42.5 Å². The van der Waals surface area contributed by atoms with Crippen molar-refractivity contribution < 1.29 is 17.9 Å². The summed E-state index contributed by atoms with van der Waals surface area (Å²) in [5, 5.41) is 0. The topological polar surface area (TPSA) is 14.2 Å². The summed E-state index contributed by atoms with van der Waals surface area (Å²) < 4.78 is 49.2. The van der Waals surface area contributed by atoms with Crippen molar-refractivity contribution in [1.29, 1.82) is 0 Å². The number of aromatic nitrogens is 1. The lowest BCUT2D eigenvalue weighted by molar-refractivity contribution is -0.200. The van der Waals surface area contributed by atoms with E-state index in [2.05, 4.69) is 6.07 Å². The minimum Gasteiger partial charge on any atom is -0.474 e. The standard InChI is InChI=1S/C22H18F3NO/c1-21(2)12-13-7-3-4-8-14(13)17-11-16-15-9-5-6-10-18(15)27-20(22(23,24)25)19(16)26(17)21/h3-11,20H,12H2,1-2H3. The van der Waals surface area contributed by atoms with E-state index in [4.69, 9.17) is 4.74 Å². The summed E-state index contributed by atoms with van der Waals surface area (Å²) in [6.45, 7) is 3.97. The molecule has 138 valence electrons. The molecule has 2 nitrogen and oxygen atoms in total. The molecule has 0 spiro atoms. The van der Waals surface area contributed by atoms with Crippen LogP contribution >= 0.6 is 0 Å². The van der Waals surface area contributed by atoms with Crippen LogP contribution in [0.4, 0.5) is 13.2 Å². The molecule has 2 aromatic carbocycles. The van der Waals surface area contributed by atoms with Gasteiger partial charge in [0, 0.05) is 27.9 Å². The quantitative estimate of drug-likeness (QED) is 0.466. The number of rotatable bonds is 0. The Hall–Kier alpha value is -2.69. The largest absolute Gasteiger partial charge is 0.474 e. The van der Waals surface area contributed by atoms with Crippen molar-refractivity contribution in [3.8, 4) is 28.1 Å². The van der Waals surface area contributed by atoms with Crippen LogP contribution in [0.25, 0.3) is 22.4 Å². The summed E-state index contributed by atoms with van der Waals surface area (Å²) in [7, 11) is 0. The van der Waals surface area contributed by atoms with Gasteiger partial charge in [-0.05, 0) is 38.0 Å². The molecule has 5 heteroatoms. The second-order valence-electron chi connectivity index (χ2n) is 7.85. The zero-order chi connectivity index (χ0) is 19.0. The molecule has 5 rings (SSSR count). The van der Waals surface area contributed by atoms with Crippen LogP contribution in [0.1, 0.15) is 31.2 Å². The van der Waals surface area contributed by atoms with Crippen molar-refractivity contribution in [2.45, 2.75) is 38.1 Å². The molecule has 2 aliphatic heterocycles. The third-order valence-electron chi connectivity index (χ3n) is 5.53. The lowest BCUT2D eigenvalue weighted by Gasteiger charge is -2.39. The Bertz CT molecular complexity index is 1060. The highest BCUT2D eigenvalue weighted by Crippen LogP contribution is 2.53. The van der Waals surface area contributed by atoms with Gasteiger partial charge < -0.3 is 9.30 Å². The van der Waals surface area contributed by atoms with Gasteiger partial charge >= 0.3 is 6.18 Å². The number of nitrogens with zero attached hydrogens (tertiary/aromatic N) is 1. The number of fused-ring (bicyclic) bond motifs is 7. The van der Waals surface area contributed by atoms with Crippen LogP contribution in [0.15, 0.2) is 54.6 Å². The van der Waals surface area contributed by atoms with Gasteiger partial charge in [-0.3, -0.25) is 0 Å². The van der Waals surface area contributed by atoms with Gasteiger partial charge in [-0.2, -0.15) is 13.2 Å². The molecule has 0 N–H and O–H groups in total. The summed E-state index contributed by atoms with van der Waals surface area (Å²) in [6.07, 6.45) is -5.80. The van der Waals surface area contributed by atoms with E-state index < -0.39 is 17.8 Å². The van der Waals surface area contributed by atoms with Crippen LogP contribution in [0.2, 0.25) is 0 Å². The van der Waals surface area contributed by atoms with E-state index >= 15 is 0 Å². The summed E-state index contributed by atoms with van der Waals surface area (Å²) in [6, 6.07) is 16.8. The van der Waals surface area contributed by atoms with Crippen molar-refractivity contribution >= 4 is 0 Å². The Labute approximate surface area is 155 Å². The Morgan fingerprint density at radius 3 is 2.37 bits per heavy atom. The average Bonchev–Trinajstić information content (AvgIpc) is 3.02. The van der Waals surface area contributed by atoms with Gasteiger partial charge in [0.15, 0.2) is 0 Å². The molecule has 3 aromatic rings. The van der Waals surface area contributed by atoms with Crippen LogP contribution in [-0.2, 0) is 12.0 Å². The number of ether oxygens (including phenoxy) is 1. The third kappa shape index (κ3) is 2.27. The van der Waals surface area contributed by atoms with E-state index in [1.807, 2.05) is 54.8 Å². The van der Waals surface area contributed by atoms with Gasteiger partial charge in [0.1, 0.15) is 5.75 Å². The predicted molar refractivity (Wildman–Crippen MR) is 97.8 cm³/mol. The summed E-state index contributed by atoms with van der Waals surface area (Å²) in [4.78, 5) is 0. The second kappa shape index (κ2) is 5.18. The van der Waals surface area contributed by atoms with Crippen LogP contribution < -0.4 is 4.74 Å². The smallest absolute Gasteiger partial charge is 0.431 e. The lowest BCUT2D eigenvalue weighted by atomic mass is 9.86. The van der Waals surface area contributed by atoms with Crippen LogP contribution in [-0.4, -0.2) is 10.7 Å². The van der Waals surface area contributed by atoms with Crippen molar-refractivity contribution in [2.75, 3.05) is 0 Å². The molecule has 0 aliphatic carbocycles. The predicted octanol–water partition coefficient (Wildman–Crippen LogP) is 6.11. The molecule has 2 aliphatic rings. The molecular formula is C22H18F3NO. The van der Waals surface area contributed by atoms with Crippen molar-refractivity contribution in [3.05, 3.63) is 65.9 Å². The molecule has 27 heavy (non-hydrogen) atoms. The van der Waals surface area contributed by atoms with E-state index in [9.17, 15) is 13.2 Å². The molecule has 0 bridgehead atoms. The number of alkyl halides is 3. The zero-order valence-corrected chi connectivity index (χ0v) is 15.0. The number of benzene rings is 2. The fourth-order valence-corrected chi connectivity index (χ4v) is 4.52. The zero-order valence-electron chi connectivity index (χ0n) is 15.0. The maximum Gasteiger partial charge on any atom is 0.431 e. The van der Waals surface area contributed by atoms with E-state index in [-0.39, 0.29) is 11.4 Å². The molecule has 0 saturated heterocycles. The van der Waals surface area contributed by atoms with Gasteiger partial charge in [0.25, 0.3) is 0 Å². The highest BCUT2D eigenvalue weighted by atomic mass is 19.4. The van der Waals surface area contributed by atoms with Gasteiger partial charge in [-0.25, -0.2) is 0 Å². The van der Waals surface area contributed by atoms with E-state index in [0.29, 0.717) is 17.5 Å². The van der Waals surface area contributed by atoms with Gasteiger partial charge in [-0.15, -0.1) is 0 Å². The molecular weight excluding hydrogens is 351 g/mol. The SMILES string of the molecule is CC1(C)Cc2ccccc2-c2cc3c(n21)C(C(F)(F)F)Oc1ccccc1-3. The van der Waals surface area contributed by atoms with E-state index in [1.165, 1.54) is 0 Å². The first-order valence-electron chi connectivity index (χ1n) is 8.94. The minimum absolute atomic E-state index is 0.204. The van der Waals surface area contributed by atoms with E-state index in [0.717, 1.165) is 16.8 Å². The van der Waals surface area contributed by atoms with Gasteiger partial charge in [0.2, 0.25) is 6.10 Å². The fraction of sp³-hybridized carbons (Fsp3) is 0.273. The Kier molecular flexibility index (Phi) is 3.16. The molecule has 3 heterocycles. The monoisotopic (exact) mass is 369 g/mol. The van der Waals surface area contributed by atoms with Gasteiger partial charge in [0.05, 0.1) is 5.69 Å². The normalized spacial score (nSPS) is 19.4. The first kappa shape index (κ1) is 16.5. The number of hydrogen-bond acceptors (Lipinski definition) is 1. The van der Waals surface area contributed by atoms with Crippen LogP contribution in [0.5, 0.6) is 5.75 Å². The van der Waals surface area contributed by atoms with Crippen molar-refractivity contribution in [2.24, 2.45) is 0 Å². The Balaban J connectivity index is 1.88. The molecule has 1 unspecified atom stereocenters. The molecule has 1 atom stereocenters. The van der Waals surface area contributed by atoms with Crippen molar-refractivity contribution in [3.63, 3.8) is 0 Å². The molecule has 0 saturated carbocycles. The molecule has 1 aromatic heterocycles. The molecule has 0 radical (unpaired) electrons. The van der Waals surface area contributed by atoms with Crippen molar-refractivity contribution in [1.82, 2.24) is 4.57 Å². The first-order chi connectivity index (χ1) is 12.8. The molecule has 0 fully saturated rings.